The Morgan fingerprint density at radius 1 is 1.46 bits per heavy atom. The van der Waals surface area contributed by atoms with Crippen molar-refractivity contribution in [2.24, 2.45) is 0 Å². The van der Waals surface area contributed by atoms with E-state index in [1.165, 1.54) is 5.56 Å². The molecule has 68 valence electrons. The van der Waals surface area contributed by atoms with Gasteiger partial charge >= 0.3 is 0 Å². The summed E-state index contributed by atoms with van der Waals surface area (Å²) in [6.45, 7) is 2.75. The first-order chi connectivity index (χ1) is 6.11. The topological polar surface area (TPSA) is 20.3 Å². The van der Waals surface area contributed by atoms with Gasteiger partial charge in [-0.2, -0.15) is 0 Å². The van der Waals surface area contributed by atoms with Crippen LogP contribution in [0.25, 0.3) is 0 Å². The number of benzene rings is 1. The molecule has 2 nitrogen and oxygen atoms in total. The molecule has 13 heavy (non-hydrogen) atoms. The van der Waals surface area contributed by atoms with Gasteiger partial charge in [0.1, 0.15) is 0 Å². The van der Waals surface area contributed by atoms with Crippen LogP contribution in [0.5, 0.6) is 0 Å². The van der Waals surface area contributed by atoms with Crippen LogP contribution in [0.3, 0.4) is 0 Å². The average Bonchev–Trinajstić information content (AvgIpc) is 2.38. The molecule has 1 aromatic carbocycles. The minimum Gasteiger partial charge on any atom is -0.337 e. The van der Waals surface area contributed by atoms with Crippen LogP contribution < -0.4 is 0 Å². The smallest absolute Gasteiger partial charge is 0.254 e. The van der Waals surface area contributed by atoms with E-state index in [-0.39, 0.29) is 5.91 Å². The molecule has 0 spiro atoms. The number of hydrogen-bond acceptors (Lipinski definition) is 1. The molecule has 1 aliphatic heterocycles. The maximum atomic E-state index is 11.6. The first-order valence-electron chi connectivity index (χ1n) is 4.14. The fraction of sp³-hybridized carbons (Fsp3) is 0.300. The van der Waals surface area contributed by atoms with E-state index in [1.807, 2.05) is 26.1 Å². The number of rotatable bonds is 0. The Labute approximate surface area is 85.7 Å². The second-order valence-electron chi connectivity index (χ2n) is 3.38. The van der Waals surface area contributed by atoms with Crippen molar-refractivity contribution in [1.82, 2.24) is 4.90 Å². The maximum absolute atomic E-state index is 11.6. The van der Waals surface area contributed by atoms with Gasteiger partial charge in [-0.1, -0.05) is 22.0 Å². The number of carbonyl (C=O) groups is 1. The molecule has 3 heteroatoms. The van der Waals surface area contributed by atoms with Crippen LogP contribution in [0.4, 0.5) is 0 Å². The van der Waals surface area contributed by atoms with Crippen LogP contribution in [-0.2, 0) is 6.54 Å². The summed E-state index contributed by atoms with van der Waals surface area (Å²) in [7, 11) is 1.82. The summed E-state index contributed by atoms with van der Waals surface area (Å²) in [6.07, 6.45) is 0. The second-order valence-corrected chi connectivity index (χ2v) is 4.18. The molecule has 0 bridgehead atoms. The van der Waals surface area contributed by atoms with Crippen molar-refractivity contribution >= 4 is 21.8 Å². The van der Waals surface area contributed by atoms with Crippen LogP contribution in [0, 0.1) is 6.92 Å². The van der Waals surface area contributed by atoms with Gasteiger partial charge in [0.15, 0.2) is 0 Å². The Hall–Kier alpha value is -0.830. The Morgan fingerprint density at radius 2 is 2.15 bits per heavy atom. The fourth-order valence-electron chi connectivity index (χ4n) is 1.61. The van der Waals surface area contributed by atoms with Gasteiger partial charge in [0, 0.05) is 23.6 Å². The zero-order valence-electron chi connectivity index (χ0n) is 7.60. The van der Waals surface area contributed by atoms with E-state index in [0.717, 1.165) is 22.1 Å². The number of nitrogens with zero attached hydrogens (tertiary/aromatic N) is 1. The lowest BCUT2D eigenvalue weighted by Gasteiger charge is -2.05. The first-order valence-corrected chi connectivity index (χ1v) is 4.94. The van der Waals surface area contributed by atoms with Crippen LogP contribution in [-0.4, -0.2) is 17.9 Å². The molecular formula is C10H10BrNO. The molecule has 2 rings (SSSR count). The molecule has 1 heterocycles. The largest absolute Gasteiger partial charge is 0.337 e. The molecule has 0 N–H and O–H groups in total. The third kappa shape index (κ3) is 1.18. The van der Waals surface area contributed by atoms with Crippen molar-refractivity contribution in [3.05, 3.63) is 33.3 Å². The monoisotopic (exact) mass is 239 g/mol. The highest BCUT2D eigenvalue weighted by Gasteiger charge is 2.26. The Kier molecular flexibility index (Phi) is 1.91. The molecule has 0 saturated carbocycles. The normalized spacial score (nSPS) is 15.0. The molecule has 0 atom stereocenters. The summed E-state index contributed by atoms with van der Waals surface area (Å²) in [5, 5.41) is 0. The molecule has 1 aliphatic rings. The predicted octanol–water partition coefficient (Wildman–Crippen LogP) is 2.34. The Bertz CT molecular complexity index is 387. The summed E-state index contributed by atoms with van der Waals surface area (Å²) in [6, 6.07) is 3.88. The number of aryl methyl sites for hydroxylation is 1. The second kappa shape index (κ2) is 2.84. The highest BCUT2D eigenvalue weighted by atomic mass is 79.9. The van der Waals surface area contributed by atoms with Crippen molar-refractivity contribution < 1.29 is 4.79 Å². The molecule has 0 fully saturated rings. The SMILES string of the molecule is Cc1ccc2c(c1Br)CN(C)C2=O. The van der Waals surface area contributed by atoms with E-state index in [9.17, 15) is 4.79 Å². The summed E-state index contributed by atoms with van der Waals surface area (Å²) in [4.78, 5) is 13.3. The molecule has 0 unspecified atom stereocenters. The lowest BCUT2D eigenvalue weighted by Crippen LogP contribution is -2.17. The molecule has 1 amide bonds. The first kappa shape index (κ1) is 8.75. The Balaban J connectivity index is 2.64. The average molecular weight is 240 g/mol. The molecular weight excluding hydrogens is 230 g/mol. The predicted molar refractivity (Wildman–Crippen MR) is 54.7 cm³/mol. The number of halogens is 1. The van der Waals surface area contributed by atoms with Gasteiger partial charge in [-0.3, -0.25) is 4.79 Å². The van der Waals surface area contributed by atoms with Gasteiger partial charge in [-0.25, -0.2) is 0 Å². The quantitative estimate of drug-likeness (QED) is 0.681. The summed E-state index contributed by atoms with van der Waals surface area (Å²) < 4.78 is 1.07. The molecule has 0 aliphatic carbocycles. The van der Waals surface area contributed by atoms with Crippen LogP contribution in [0.2, 0.25) is 0 Å². The lowest BCUT2D eigenvalue weighted by atomic mass is 10.1. The van der Waals surface area contributed by atoms with Crippen molar-refractivity contribution in [3.63, 3.8) is 0 Å². The van der Waals surface area contributed by atoms with E-state index >= 15 is 0 Å². The van der Waals surface area contributed by atoms with E-state index in [2.05, 4.69) is 15.9 Å². The summed E-state index contributed by atoms with van der Waals surface area (Å²) in [5.74, 6) is 0.121. The third-order valence-electron chi connectivity index (χ3n) is 2.41. The van der Waals surface area contributed by atoms with Crippen molar-refractivity contribution in [3.8, 4) is 0 Å². The molecule has 0 saturated heterocycles. The fourth-order valence-corrected chi connectivity index (χ4v) is 2.08. The van der Waals surface area contributed by atoms with Gasteiger partial charge in [-0.05, 0) is 24.1 Å². The lowest BCUT2D eigenvalue weighted by molar-refractivity contribution is 0.0816. The number of amides is 1. The van der Waals surface area contributed by atoms with Crippen molar-refractivity contribution in [2.75, 3.05) is 7.05 Å². The van der Waals surface area contributed by atoms with Gasteiger partial charge < -0.3 is 4.90 Å². The molecule has 0 aromatic heterocycles. The highest BCUT2D eigenvalue weighted by molar-refractivity contribution is 9.10. The molecule has 0 radical (unpaired) electrons. The summed E-state index contributed by atoms with van der Waals surface area (Å²) >= 11 is 3.51. The van der Waals surface area contributed by atoms with Crippen LogP contribution >= 0.6 is 15.9 Å². The van der Waals surface area contributed by atoms with Crippen LogP contribution in [0.1, 0.15) is 21.5 Å². The minimum absolute atomic E-state index is 0.121. The zero-order chi connectivity index (χ0) is 9.59. The minimum atomic E-state index is 0.121. The van der Waals surface area contributed by atoms with E-state index < -0.39 is 0 Å². The zero-order valence-corrected chi connectivity index (χ0v) is 9.18. The molecule has 1 aromatic rings. The van der Waals surface area contributed by atoms with Crippen molar-refractivity contribution in [1.29, 1.82) is 0 Å². The van der Waals surface area contributed by atoms with Crippen LogP contribution in [0.15, 0.2) is 16.6 Å². The highest BCUT2D eigenvalue weighted by Crippen LogP contribution is 2.30. The van der Waals surface area contributed by atoms with Gasteiger partial charge in [0.05, 0.1) is 0 Å². The van der Waals surface area contributed by atoms with Gasteiger partial charge in [0.2, 0.25) is 0 Å². The Morgan fingerprint density at radius 3 is 2.85 bits per heavy atom. The van der Waals surface area contributed by atoms with E-state index in [4.69, 9.17) is 0 Å². The third-order valence-corrected chi connectivity index (χ3v) is 3.51. The standard InChI is InChI=1S/C10H10BrNO/c1-6-3-4-7-8(9(6)11)5-12(2)10(7)13/h3-4H,5H2,1-2H3. The van der Waals surface area contributed by atoms with E-state index in [1.54, 1.807) is 4.90 Å². The number of hydrogen-bond donors (Lipinski definition) is 0. The summed E-state index contributed by atoms with van der Waals surface area (Å²) in [5.41, 5.74) is 3.13. The number of fused-ring (bicyclic) bond motifs is 1. The van der Waals surface area contributed by atoms with Gasteiger partial charge in [0.25, 0.3) is 5.91 Å². The number of carbonyl (C=O) groups excluding carboxylic acids is 1. The van der Waals surface area contributed by atoms with E-state index in [0.29, 0.717) is 0 Å². The van der Waals surface area contributed by atoms with Crippen molar-refractivity contribution in [2.45, 2.75) is 13.5 Å². The van der Waals surface area contributed by atoms with Gasteiger partial charge in [-0.15, -0.1) is 0 Å². The maximum Gasteiger partial charge on any atom is 0.254 e.